The molecular formula is C11H11NOS. The lowest BCUT2D eigenvalue weighted by Crippen LogP contribution is -2.05. The highest BCUT2D eigenvalue weighted by molar-refractivity contribution is 7.80. The zero-order chi connectivity index (χ0) is 10.4. The molecule has 1 N–H and O–H groups in total. The van der Waals surface area contributed by atoms with Crippen LogP contribution in [0.3, 0.4) is 0 Å². The van der Waals surface area contributed by atoms with Crippen molar-refractivity contribution in [2.24, 2.45) is 0 Å². The molecular weight excluding hydrogens is 194 g/mol. The van der Waals surface area contributed by atoms with Crippen LogP contribution in [-0.2, 0) is 4.79 Å². The molecule has 14 heavy (non-hydrogen) atoms. The molecule has 0 radical (unpaired) electrons. The molecule has 1 rings (SSSR count). The first-order valence-electron chi connectivity index (χ1n) is 4.20. The van der Waals surface area contributed by atoms with Crippen LogP contribution >= 0.6 is 12.6 Å². The van der Waals surface area contributed by atoms with Crippen LogP contribution in [0.4, 0.5) is 5.69 Å². The summed E-state index contributed by atoms with van der Waals surface area (Å²) in [7, 11) is 0. The Balaban J connectivity index is 2.84. The number of carbonyl (C=O) groups is 1. The number of hydrogen-bond donors (Lipinski definition) is 2. The van der Waals surface area contributed by atoms with Crippen molar-refractivity contribution < 1.29 is 4.79 Å². The normalized spacial score (nSPS) is 8.71. The Morgan fingerprint density at radius 1 is 1.57 bits per heavy atom. The van der Waals surface area contributed by atoms with Crippen molar-refractivity contribution >= 4 is 24.2 Å². The van der Waals surface area contributed by atoms with E-state index in [0.29, 0.717) is 5.75 Å². The average molecular weight is 205 g/mol. The minimum Gasteiger partial charge on any atom is -0.326 e. The van der Waals surface area contributed by atoms with Crippen LogP contribution in [0.15, 0.2) is 24.3 Å². The van der Waals surface area contributed by atoms with E-state index in [-0.39, 0.29) is 5.91 Å². The molecule has 0 saturated carbocycles. The van der Waals surface area contributed by atoms with Crippen molar-refractivity contribution in [2.45, 2.75) is 6.92 Å². The maximum Gasteiger partial charge on any atom is 0.221 e. The van der Waals surface area contributed by atoms with Crippen molar-refractivity contribution in [1.82, 2.24) is 0 Å². The summed E-state index contributed by atoms with van der Waals surface area (Å²) in [6.45, 7) is 1.48. The number of rotatable bonds is 1. The first-order valence-corrected chi connectivity index (χ1v) is 4.83. The van der Waals surface area contributed by atoms with Crippen LogP contribution in [0, 0.1) is 11.8 Å². The number of hydrogen-bond acceptors (Lipinski definition) is 2. The summed E-state index contributed by atoms with van der Waals surface area (Å²) in [4.78, 5) is 10.8. The summed E-state index contributed by atoms with van der Waals surface area (Å²) in [6.07, 6.45) is 0. The second kappa shape index (κ2) is 5.36. The van der Waals surface area contributed by atoms with Crippen LogP contribution in [-0.4, -0.2) is 11.7 Å². The molecule has 0 unspecified atom stereocenters. The van der Waals surface area contributed by atoms with E-state index in [4.69, 9.17) is 0 Å². The maximum atomic E-state index is 10.8. The van der Waals surface area contributed by atoms with E-state index in [9.17, 15) is 4.79 Å². The van der Waals surface area contributed by atoms with Crippen LogP contribution in [0.25, 0.3) is 0 Å². The van der Waals surface area contributed by atoms with Crippen molar-refractivity contribution in [3.8, 4) is 11.8 Å². The minimum atomic E-state index is -0.0793. The predicted molar refractivity (Wildman–Crippen MR) is 61.5 cm³/mol. The number of anilines is 1. The Morgan fingerprint density at radius 3 is 3.00 bits per heavy atom. The molecule has 0 aromatic heterocycles. The molecule has 1 aromatic carbocycles. The topological polar surface area (TPSA) is 29.1 Å². The third-order valence-corrected chi connectivity index (χ3v) is 1.65. The zero-order valence-electron chi connectivity index (χ0n) is 7.87. The smallest absolute Gasteiger partial charge is 0.221 e. The largest absolute Gasteiger partial charge is 0.326 e. The van der Waals surface area contributed by atoms with Gasteiger partial charge in [0.25, 0.3) is 0 Å². The molecule has 2 nitrogen and oxygen atoms in total. The van der Waals surface area contributed by atoms with E-state index in [1.54, 1.807) is 0 Å². The molecule has 72 valence electrons. The number of amides is 1. The Labute approximate surface area is 89.1 Å². The summed E-state index contributed by atoms with van der Waals surface area (Å²) in [5.74, 6) is 6.23. The first kappa shape index (κ1) is 10.7. The Morgan fingerprint density at radius 2 is 2.36 bits per heavy atom. The summed E-state index contributed by atoms with van der Waals surface area (Å²) >= 11 is 3.99. The third kappa shape index (κ3) is 3.55. The number of benzene rings is 1. The van der Waals surface area contributed by atoms with Crippen molar-refractivity contribution in [3.63, 3.8) is 0 Å². The fraction of sp³-hybridized carbons (Fsp3) is 0.182. The van der Waals surface area contributed by atoms with Gasteiger partial charge in [0.1, 0.15) is 0 Å². The maximum absolute atomic E-state index is 10.8. The van der Waals surface area contributed by atoms with E-state index < -0.39 is 0 Å². The zero-order valence-corrected chi connectivity index (χ0v) is 8.77. The quantitative estimate of drug-likeness (QED) is 0.532. The van der Waals surface area contributed by atoms with Gasteiger partial charge in [-0.1, -0.05) is 17.9 Å². The third-order valence-electron chi connectivity index (χ3n) is 1.49. The van der Waals surface area contributed by atoms with E-state index >= 15 is 0 Å². The molecule has 0 spiro atoms. The lowest BCUT2D eigenvalue weighted by Gasteiger charge is -2.01. The van der Waals surface area contributed by atoms with Gasteiger partial charge in [0.2, 0.25) is 5.91 Å². The molecule has 0 atom stereocenters. The van der Waals surface area contributed by atoms with Crippen LogP contribution in [0.2, 0.25) is 0 Å². The molecule has 0 aliphatic heterocycles. The van der Waals surface area contributed by atoms with Gasteiger partial charge in [0.15, 0.2) is 0 Å². The van der Waals surface area contributed by atoms with Crippen LogP contribution in [0.1, 0.15) is 12.5 Å². The lowest BCUT2D eigenvalue weighted by atomic mass is 10.2. The minimum absolute atomic E-state index is 0.0793. The molecule has 0 fully saturated rings. The summed E-state index contributed by atoms with van der Waals surface area (Å²) in [5, 5.41) is 2.70. The number of thiol groups is 1. The second-order valence-corrected chi connectivity index (χ2v) is 3.04. The highest BCUT2D eigenvalue weighted by Gasteiger charge is 1.94. The molecule has 0 bridgehead atoms. The van der Waals surface area contributed by atoms with Gasteiger partial charge in [-0.05, 0) is 18.2 Å². The van der Waals surface area contributed by atoms with Crippen molar-refractivity contribution in [1.29, 1.82) is 0 Å². The van der Waals surface area contributed by atoms with Crippen LogP contribution < -0.4 is 5.32 Å². The number of nitrogens with one attached hydrogen (secondary N) is 1. The molecule has 0 heterocycles. The van der Waals surface area contributed by atoms with Gasteiger partial charge < -0.3 is 5.32 Å². The van der Waals surface area contributed by atoms with Crippen LogP contribution in [0.5, 0.6) is 0 Å². The highest BCUT2D eigenvalue weighted by atomic mass is 32.1. The van der Waals surface area contributed by atoms with Gasteiger partial charge in [-0.2, -0.15) is 12.6 Å². The standard InChI is InChI=1S/C11H11NOS/c1-9(13)12-11-6-2-4-10(8-11)5-3-7-14/h2,4,6,8,14H,7H2,1H3,(H,12,13). The van der Waals surface area contributed by atoms with E-state index in [1.165, 1.54) is 6.92 Å². The van der Waals surface area contributed by atoms with E-state index in [1.807, 2.05) is 24.3 Å². The monoisotopic (exact) mass is 205 g/mol. The van der Waals surface area contributed by atoms with Crippen molar-refractivity contribution in [3.05, 3.63) is 29.8 Å². The molecule has 1 amide bonds. The van der Waals surface area contributed by atoms with Gasteiger partial charge in [-0.25, -0.2) is 0 Å². The van der Waals surface area contributed by atoms with Gasteiger partial charge in [0, 0.05) is 18.2 Å². The predicted octanol–water partition coefficient (Wildman–Crippen LogP) is 1.93. The molecule has 3 heteroatoms. The van der Waals surface area contributed by atoms with Crippen molar-refractivity contribution in [2.75, 3.05) is 11.1 Å². The fourth-order valence-electron chi connectivity index (χ4n) is 1.02. The highest BCUT2D eigenvalue weighted by Crippen LogP contribution is 2.09. The summed E-state index contributed by atoms with van der Waals surface area (Å²) < 4.78 is 0. The van der Waals surface area contributed by atoms with Gasteiger partial charge in [-0.3, -0.25) is 4.79 Å². The first-order chi connectivity index (χ1) is 6.72. The average Bonchev–Trinajstić information content (AvgIpc) is 2.14. The number of carbonyl (C=O) groups excluding carboxylic acids is 1. The lowest BCUT2D eigenvalue weighted by molar-refractivity contribution is -0.114. The molecule has 0 aliphatic rings. The summed E-state index contributed by atoms with van der Waals surface area (Å²) in [6, 6.07) is 7.40. The second-order valence-electron chi connectivity index (χ2n) is 2.72. The Hall–Kier alpha value is -1.40. The van der Waals surface area contributed by atoms with Gasteiger partial charge in [0.05, 0.1) is 5.75 Å². The van der Waals surface area contributed by atoms with Gasteiger partial charge in [-0.15, -0.1) is 0 Å². The fourth-order valence-corrected chi connectivity index (χ4v) is 1.10. The SMILES string of the molecule is CC(=O)Nc1cccc(C#CCS)c1. The van der Waals surface area contributed by atoms with E-state index in [2.05, 4.69) is 29.8 Å². The Kier molecular flexibility index (Phi) is 4.09. The summed E-state index contributed by atoms with van der Waals surface area (Å²) in [5.41, 5.74) is 1.65. The van der Waals surface area contributed by atoms with E-state index in [0.717, 1.165) is 11.3 Å². The molecule has 0 saturated heterocycles. The molecule has 0 aliphatic carbocycles. The Bertz CT molecular complexity index is 390. The molecule has 1 aromatic rings. The van der Waals surface area contributed by atoms with Gasteiger partial charge >= 0.3 is 0 Å².